The molecular formula is C23H24BrN3O4S. The summed E-state index contributed by atoms with van der Waals surface area (Å²) in [6.07, 6.45) is 0. The van der Waals surface area contributed by atoms with Gasteiger partial charge < -0.3 is 20.1 Å². The molecule has 0 aliphatic carbocycles. The summed E-state index contributed by atoms with van der Waals surface area (Å²) in [7, 11) is 1.59. The number of amidine groups is 1. The molecule has 1 amide bonds. The Kier molecular flexibility index (Phi) is 8.35. The summed E-state index contributed by atoms with van der Waals surface area (Å²) in [4.78, 5) is 29.7. The van der Waals surface area contributed by atoms with Crippen LogP contribution in [0, 0.1) is 0 Å². The average molecular weight is 518 g/mol. The minimum atomic E-state index is -0.528. The fraction of sp³-hybridized carbons (Fsp3) is 0.261. The van der Waals surface area contributed by atoms with E-state index < -0.39 is 12.0 Å². The first kappa shape index (κ1) is 23.9. The van der Waals surface area contributed by atoms with E-state index in [9.17, 15) is 9.59 Å². The number of hydrogen-bond donors (Lipinski definition) is 2. The Bertz CT molecular complexity index is 1050. The Hall–Kier alpha value is -2.78. The molecule has 1 heterocycles. The lowest BCUT2D eigenvalue weighted by atomic mass is 9.97. The molecule has 0 fully saturated rings. The van der Waals surface area contributed by atoms with Crippen molar-refractivity contribution < 1.29 is 19.1 Å². The van der Waals surface area contributed by atoms with Gasteiger partial charge in [0.25, 0.3) is 0 Å². The number of anilines is 1. The number of aliphatic imine (C=N–C) groups is 1. The van der Waals surface area contributed by atoms with Gasteiger partial charge in [-0.2, -0.15) is 0 Å². The third kappa shape index (κ3) is 6.14. The predicted octanol–water partition coefficient (Wildman–Crippen LogP) is 4.67. The number of thioether (sulfide) groups is 1. The van der Waals surface area contributed by atoms with Gasteiger partial charge in [-0.05, 0) is 55.8 Å². The fourth-order valence-electron chi connectivity index (χ4n) is 3.12. The molecule has 0 aromatic heterocycles. The topological polar surface area (TPSA) is 89.0 Å². The lowest BCUT2D eigenvalue weighted by molar-refractivity contribution is -0.139. The number of ether oxygens (including phenoxy) is 2. The maximum Gasteiger partial charge on any atom is 0.338 e. The average Bonchev–Trinajstić information content (AvgIpc) is 2.78. The van der Waals surface area contributed by atoms with E-state index in [1.54, 1.807) is 38.3 Å². The molecule has 7 nitrogen and oxygen atoms in total. The van der Waals surface area contributed by atoms with Crippen molar-refractivity contribution in [2.24, 2.45) is 4.99 Å². The van der Waals surface area contributed by atoms with E-state index in [1.807, 2.05) is 31.2 Å². The van der Waals surface area contributed by atoms with E-state index in [2.05, 4.69) is 26.6 Å². The van der Waals surface area contributed by atoms with Gasteiger partial charge in [0.15, 0.2) is 5.17 Å². The van der Waals surface area contributed by atoms with Crippen LogP contribution in [0.4, 0.5) is 5.69 Å². The maximum atomic E-state index is 12.6. The highest BCUT2D eigenvalue weighted by Crippen LogP contribution is 2.34. The summed E-state index contributed by atoms with van der Waals surface area (Å²) < 4.78 is 11.3. The first-order valence-corrected chi connectivity index (χ1v) is 11.7. The molecule has 2 aromatic carbocycles. The molecule has 168 valence electrons. The summed E-state index contributed by atoms with van der Waals surface area (Å²) in [5.41, 5.74) is 2.64. The predicted molar refractivity (Wildman–Crippen MR) is 131 cm³/mol. The summed E-state index contributed by atoms with van der Waals surface area (Å²) >= 11 is 4.74. The van der Waals surface area contributed by atoms with Crippen molar-refractivity contribution in [2.45, 2.75) is 19.9 Å². The van der Waals surface area contributed by atoms with Gasteiger partial charge in [-0.25, -0.2) is 9.79 Å². The first-order valence-electron chi connectivity index (χ1n) is 9.96. The quantitative estimate of drug-likeness (QED) is 0.519. The molecule has 1 aliphatic rings. The van der Waals surface area contributed by atoms with E-state index in [-0.39, 0.29) is 18.3 Å². The SMILES string of the molecule is CCOC(=O)C1=C(C)NC(SCC(=O)Nc2ccc(OC)cc2)=N[C@@H]1c1cccc(Br)c1. The zero-order valence-corrected chi connectivity index (χ0v) is 20.4. The fourth-order valence-corrected chi connectivity index (χ4v) is 4.28. The standard InChI is InChI=1S/C23H24BrN3O4S/c1-4-31-22(29)20-14(2)25-23(27-21(20)15-6-5-7-16(24)12-15)32-13-19(28)26-17-8-10-18(30-3)11-9-17/h5-12,21H,4,13H2,1-3H3,(H,25,27)(H,26,28)/t21-/m1/s1. The van der Waals surface area contributed by atoms with E-state index in [4.69, 9.17) is 14.5 Å². The lowest BCUT2D eigenvalue weighted by Gasteiger charge is -2.25. The number of carbonyl (C=O) groups excluding carboxylic acids is 2. The molecule has 0 bridgehead atoms. The number of nitrogens with one attached hydrogen (secondary N) is 2. The Morgan fingerprint density at radius 2 is 1.97 bits per heavy atom. The molecular weight excluding hydrogens is 494 g/mol. The highest BCUT2D eigenvalue weighted by molar-refractivity contribution is 9.10. The second-order valence-electron chi connectivity index (χ2n) is 6.84. The molecule has 2 N–H and O–H groups in total. The Morgan fingerprint density at radius 1 is 1.22 bits per heavy atom. The highest BCUT2D eigenvalue weighted by atomic mass is 79.9. The maximum absolute atomic E-state index is 12.6. The van der Waals surface area contributed by atoms with Crippen LogP contribution in [0.25, 0.3) is 0 Å². The van der Waals surface area contributed by atoms with Crippen LogP contribution < -0.4 is 15.4 Å². The van der Waals surface area contributed by atoms with Gasteiger partial charge in [0.1, 0.15) is 11.8 Å². The second kappa shape index (κ2) is 11.2. The number of rotatable bonds is 7. The van der Waals surface area contributed by atoms with Crippen LogP contribution in [0.15, 0.2) is 69.3 Å². The van der Waals surface area contributed by atoms with E-state index in [1.165, 1.54) is 11.8 Å². The smallest absolute Gasteiger partial charge is 0.338 e. The first-order chi connectivity index (χ1) is 15.4. The second-order valence-corrected chi connectivity index (χ2v) is 8.72. The normalized spacial score (nSPS) is 15.5. The molecule has 0 radical (unpaired) electrons. The minimum absolute atomic E-state index is 0.158. The van der Waals surface area contributed by atoms with Crippen molar-refractivity contribution in [3.05, 3.63) is 69.8 Å². The van der Waals surface area contributed by atoms with Crippen LogP contribution in [-0.4, -0.2) is 36.5 Å². The lowest BCUT2D eigenvalue weighted by Crippen LogP contribution is -2.31. The van der Waals surface area contributed by atoms with Gasteiger partial charge in [-0.1, -0.05) is 39.8 Å². The van der Waals surface area contributed by atoms with Gasteiger partial charge in [0.05, 0.1) is 25.0 Å². The van der Waals surface area contributed by atoms with Crippen molar-refractivity contribution in [1.82, 2.24) is 5.32 Å². The summed E-state index contributed by atoms with van der Waals surface area (Å²) in [5.74, 6) is 0.302. The van der Waals surface area contributed by atoms with Crippen molar-refractivity contribution in [1.29, 1.82) is 0 Å². The number of nitrogens with zero attached hydrogens (tertiary/aromatic N) is 1. The van der Waals surface area contributed by atoms with Crippen molar-refractivity contribution >= 4 is 50.4 Å². The van der Waals surface area contributed by atoms with Crippen LogP contribution >= 0.6 is 27.7 Å². The minimum Gasteiger partial charge on any atom is -0.497 e. The molecule has 1 atom stereocenters. The number of carbonyl (C=O) groups is 2. The molecule has 3 rings (SSSR count). The zero-order chi connectivity index (χ0) is 23.1. The number of halogens is 1. The molecule has 0 saturated carbocycles. The number of allylic oxidation sites excluding steroid dienone is 1. The highest BCUT2D eigenvalue weighted by Gasteiger charge is 2.30. The van der Waals surface area contributed by atoms with E-state index in [0.29, 0.717) is 22.1 Å². The van der Waals surface area contributed by atoms with Crippen LogP contribution in [0.3, 0.4) is 0 Å². The monoisotopic (exact) mass is 517 g/mol. The van der Waals surface area contributed by atoms with Gasteiger partial charge in [-0.15, -0.1) is 0 Å². The Balaban J connectivity index is 1.74. The molecule has 1 aliphatic heterocycles. The molecule has 2 aromatic rings. The largest absolute Gasteiger partial charge is 0.497 e. The zero-order valence-electron chi connectivity index (χ0n) is 18.0. The van der Waals surface area contributed by atoms with Gasteiger partial charge >= 0.3 is 5.97 Å². The third-order valence-corrected chi connectivity index (χ3v) is 5.97. The van der Waals surface area contributed by atoms with E-state index in [0.717, 1.165) is 15.8 Å². The number of amides is 1. The Morgan fingerprint density at radius 3 is 2.62 bits per heavy atom. The van der Waals surface area contributed by atoms with Crippen LogP contribution in [0.2, 0.25) is 0 Å². The molecule has 0 spiro atoms. The summed E-state index contributed by atoms with van der Waals surface area (Å²) in [6.45, 7) is 3.85. The Labute approximate surface area is 199 Å². The van der Waals surface area contributed by atoms with Crippen LogP contribution in [0.5, 0.6) is 5.75 Å². The number of benzene rings is 2. The molecule has 0 saturated heterocycles. The van der Waals surface area contributed by atoms with E-state index >= 15 is 0 Å². The summed E-state index contributed by atoms with van der Waals surface area (Å²) in [6, 6.07) is 14.2. The van der Waals surface area contributed by atoms with Crippen molar-refractivity contribution in [3.8, 4) is 5.75 Å². The number of hydrogen-bond acceptors (Lipinski definition) is 7. The van der Waals surface area contributed by atoms with Crippen LogP contribution in [-0.2, 0) is 14.3 Å². The molecule has 0 unspecified atom stereocenters. The van der Waals surface area contributed by atoms with Gasteiger partial charge in [0.2, 0.25) is 5.91 Å². The van der Waals surface area contributed by atoms with Crippen molar-refractivity contribution in [3.63, 3.8) is 0 Å². The van der Waals surface area contributed by atoms with Gasteiger partial charge in [0, 0.05) is 15.9 Å². The van der Waals surface area contributed by atoms with Crippen LogP contribution in [0.1, 0.15) is 25.5 Å². The van der Waals surface area contributed by atoms with Gasteiger partial charge in [-0.3, -0.25) is 4.79 Å². The van der Waals surface area contributed by atoms with Crippen molar-refractivity contribution in [2.75, 3.05) is 24.8 Å². The summed E-state index contributed by atoms with van der Waals surface area (Å²) in [5, 5.41) is 6.55. The third-order valence-electron chi connectivity index (χ3n) is 4.59. The number of esters is 1. The number of methoxy groups -OCH3 is 1. The molecule has 32 heavy (non-hydrogen) atoms. The molecule has 9 heteroatoms.